The molecule has 0 amide bonds. The lowest BCUT2D eigenvalue weighted by molar-refractivity contribution is -0.668. The predicted octanol–water partition coefficient (Wildman–Crippen LogP) is 2.03. The third-order valence-corrected chi connectivity index (χ3v) is 3.08. The molecule has 1 aromatic heterocycles. The van der Waals surface area contributed by atoms with Crippen molar-refractivity contribution in [3.63, 3.8) is 0 Å². The monoisotopic (exact) mass is 284 g/mol. The van der Waals surface area contributed by atoms with Gasteiger partial charge in [-0.25, -0.2) is 4.98 Å². The van der Waals surface area contributed by atoms with Crippen molar-refractivity contribution >= 4 is 0 Å². The maximum atomic E-state index is 12.9. The number of hydrogen-bond acceptors (Lipinski definition) is 1. The minimum absolute atomic E-state index is 0.183. The van der Waals surface area contributed by atoms with Gasteiger partial charge in [0.05, 0.1) is 12.1 Å². The molecule has 0 fully saturated rings. The number of imidazole rings is 1. The zero-order valence-corrected chi connectivity index (χ0v) is 11.2. The van der Waals surface area contributed by atoms with Gasteiger partial charge in [0.15, 0.2) is 5.82 Å². The van der Waals surface area contributed by atoms with Crippen LogP contribution in [0.2, 0.25) is 0 Å². The summed E-state index contributed by atoms with van der Waals surface area (Å²) >= 11 is 0. The van der Waals surface area contributed by atoms with Crippen molar-refractivity contribution in [2.75, 3.05) is 6.54 Å². The first-order valence-electron chi connectivity index (χ1n) is 6.49. The first kappa shape index (κ1) is 14.6. The molecule has 0 aliphatic rings. The highest BCUT2D eigenvalue weighted by Gasteiger charge is 2.32. The fourth-order valence-corrected chi connectivity index (χ4v) is 2.07. The van der Waals surface area contributed by atoms with Crippen LogP contribution in [-0.4, -0.2) is 16.1 Å². The molecule has 20 heavy (non-hydrogen) atoms. The number of nitrogens with two attached hydrogens (primary N) is 1. The number of halogens is 3. The molecule has 0 atom stereocenters. The number of rotatable bonds is 5. The second-order valence-electron chi connectivity index (χ2n) is 4.53. The zero-order valence-electron chi connectivity index (χ0n) is 11.2. The maximum absolute atomic E-state index is 12.9. The Hall–Kier alpha value is -1.82. The van der Waals surface area contributed by atoms with Crippen LogP contribution in [0.1, 0.15) is 23.9 Å². The number of benzene rings is 1. The lowest BCUT2D eigenvalue weighted by Gasteiger charge is -2.14. The van der Waals surface area contributed by atoms with Gasteiger partial charge in [0, 0.05) is 18.9 Å². The fourth-order valence-electron chi connectivity index (χ4n) is 2.07. The molecule has 1 aromatic carbocycles. The van der Waals surface area contributed by atoms with Crippen molar-refractivity contribution in [3.05, 3.63) is 53.6 Å². The molecule has 2 N–H and O–H groups in total. The third-order valence-electron chi connectivity index (χ3n) is 3.08. The minimum atomic E-state index is -4.33. The van der Waals surface area contributed by atoms with E-state index < -0.39 is 11.7 Å². The summed E-state index contributed by atoms with van der Waals surface area (Å²) in [7, 11) is 0. The highest BCUT2D eigenvalue weighted by Crippen LogP contribution is 2.32. The molecule has 2 aromatic rings. The van der Waals surface area contributed by atoms with Gasteiger partial charge in [0.25, 0.3) is 0 Å². The molecule has 0 aliphatic carbocycles. The quantitative estimate of drug-likeness (QED) is 0.895. The Morgan fingerprint density at radius 2 is 2.00 bits per heavy atom. The Kier molecular flexibility index (Phi) is 4.44. The molecule has 0 saturated carbocycles. The predicted molar refractivity (Wildman–Crippen MR) is 68.9 cm³/mol. The van der Waals surface area contributed by atoms with Crippen LogP contribution >= 0.6 is 0 Å². The Balaban J connectivity index is 2.25. The first-order valence-corrected chi connectivity index (χ1v) is 6.49. The molecule has 0 unspecified atom stereocenters. The number of aromatic nitrogens is 2. The van der Waals surface area contributed by atoms with E-state index in [1.54, 1.807) is 23.0 Å². The van der Waals surface area contributed by atoms with Crippen LogP contribution in [0.5, 0.6) is 0 Å². The van der Waals surface area contributed by atoms with Gasteiger partial charge in [-0.15, -0.1) is 0 Å². The van der Waals surface area contributed by atoms with Crippen LogP contribution in [0.15, 0.2) is 36.7 Å². The first-order chi connectivity index (χ1) is 9.52. The number of nitrogens with zero attached hydrogens (tertiary/aromatic N) is 2. The summed E-state index contributed by atoms with van der Waals surface area (Å²) in [5.41, 5.74) is -0.324. The van der Waals surface area contributed by atoms with E-state index >= 15 is 0 Å². The molecule has 0 saturated heterocycles. The second kappa shape index (κ2) is 6.09. The van der Waals surface area contributed by atoms with Crippen molar-refractivity contribution in [3.8, 4) is 0 Å². The van der Waals surface area contributed by atoms with Gasteiger partial charge in [-0.05, 0) is 18.6 Å². The Bertz CT molecular complexity index is 561. The summed E-state index contributed by atoms with van der Waals surface area (Å²) in [6.45, 7) is 3.78. The summed E-state index contributed by atoms with van der Waals surface area (Å²) in [6.07, 6.45) is -0.992. The topological polar surface area (TPSA) is 34.4 Å². The Labute approximate surface area is 115 Å². The molecule has 0 bridgehead atoms. The summed E-state index contributed by atoms with van der Waals surface area (Å²) in [6, 6.07) is 5.66. The van der Waals surface area contributed by atoms with E-state index in [2.05, 4.69) is 10.3 Å². The number of hydrogen-bond donors (Lipinski definition) is 1. The van der Waals surface area contributed by atoms with Gasteiger partial charge in [-0.1, -0.05) is 18.2 Å². The van der Waals surface area contributed by atoms with Crippen molar-refractivity contribution in [1.29, 1.82) is 0 Å². The SMILES string of the molecule is CC[NH2+]Cc1nccn1Cc1ccccc1C(F)(F)F. The van der Waals surface area contributed by atoms with E-state index in [1.807, 2.05) is 6.92 Å². The highest BCUT2D eigenvalue weighted by atomic mass is 19.4. The van der Waals surface area contributed by atoms with Crippen LogP contribution in [0.3, 0.4) is 0 Å². The summed E-state index contributed by atoms with van der Waals surface area (Å²) in [4.78, 5) is 4.19. The van der Waals surface area contributed by atoms with E-state index in [-0.39, 0.29) is 12.1 Å². The summed E-state index contributed by atoms with van der Waals surface area (Å²) < 4.78 is 40.6. The van der Waals surface area contributed by atoms with E-state index in [9.17, 15) is 13.2 Å². The molecule has 1 heterocycles. The van der Waals surface area contributed by atoms with Gasteiger partial charge >= 0.3 is 6.18 Å². The van der Waals surface area contributed by atoms with Crippen molar-refractivity contribution in [2.24, 2.45) is 0 Å². The molecular formula is C14H17F3N3+. The van der Waals surface area contributed by atoms with Crippen molar-refractivity contribution in [1.82, 2.24) is 9.55 Å². The Morgan fingerprint density at radius 3 is 2.70 bits per heavy atom. The normalized spacial score (nSPS) is 11.8. The van der Waals surface area contributed by atoms with Gasteiger partial charge in [0.2, 0.25) is 0 Å². The van der Waals surface area contributed by atoms with Crippen LogP contribution in [-0.2, 0) is 19.3 Å². The van der Waals surface area contributed by atoms with Gasteiger partial charge in [-0.2, -0.15) is 13.2 Å². The molecule has 3 nitrogen and oxygen atoms in total. The van der Waals surface area contributed by atoms with Crippen LogP contribution in [0, 0.1) is 0 Å². The van der Waals surface area contributed by atoms with E-state index in [0.29, 0.717) is 6.54 Å². The maximum Gasteiger partial charge on any atom is 0.416 e. The molecule has 6 heteroatoms. The van der Waals surface area contributed by atoms with Crippen LogP contribution < -0.4 is 5.32 Å². The van der Waals surface area contributed by atoms with Crippen molar-refractivity contribution in [2.45, 2.75) is 26.2 Å². The average molecular weight is 284 g/mol. The lowest BCUT2D eigenvalue weighted by Crippen LogP contribution is -2.82. The zero-order chi connectivity index (χ0) is 14.6. The average Bonchev–Trinajstić information content (AvgIpc) is 2.83. The molecule has 2 rings (SSSR count). The van der Waals surface area contributed by atoms with Gasteiger partial charge in [-0.3, -0.25) is 0 Å². The van der Waals surface area contributed by atoms with Gasteiger partial charge < -0.3 is 9.88 Å². The lowest BCUT2D eigenvalue weighted by atomic mass is 10.1. The summed E-state index contributed by atoms with van der Waals surface area (Å²) in [5.74, 6) is 0.781. The second-order valence-corrected chi connectivity index (χ2v) is 4.53. The van der Waals surface area contributed by atoms with E-state index in [1.165, 1.54) is 12.1 Å². The number of quaternary nitrogens is 1. The third kappa shape index (κ3) is 3.39. The standard InChI is InChI=1S/C14H16F3N3/c1-2-18-9-13-19-7-8-20(13)10-11-5-3-4-6-12(11)14(15,16)17/h3-8,18H,2,9-10H2,1H3/p+1. The molecule has 0 aliphatic heterocycles. The smallest absolute Gasteiger partial charge is 0.340 e. The molecule has 0 spiro atoms. The van der Waals surface area contributed by atoms with Crippen LogP contribution in [0.4, 0.5) is 13.2 Å². The summed E-state index contributed by atoms with van der Waals surface area (Å²) in [5, 5.41) is 2.05. The van der Waals surface area contributed by atoms with Crippen molar-refractivity contribution < 1.29 is 18.5 Å². The van der Waals surface area contributed by atoms with Gasteiger partial charge in [0.1, 0.15) is 6.54 Å². The Morgan fingerprint density at radius 1 is 1.25 bits per heavy atom. The largest absolute Gasteiger partial charge is 0.416 e. The fraction of sp³-hybridized carbons (Fsp3) is 0.357. The van der Waals surface area contributed by atoms with E-state index in [0.717, 1.165) is 18.4 Å². The van der Waals surface area contributed by atoms with Crippen LogP contribution in [0.25, 0.3) is 0 Å². The molecule has 108 valence electrons. The highest BCUT2D eigenvalue weighted by molar-refractivity contribution is 5.30. The minimum Gasteiger partial charge on any atom is -0.340 e. The molecular weight excluding hydrogens is 267 g/mol. The van der Waals surface area contributed by atoms with E-state index in [4.69, 9.17) is 0 Å². The molecule has 0 radical (unpaired) electrons. The number of alkyl halides is 3.